The summed E-state index contributed by atoms with van der Waals surface area (Å²) in [6.45, 7) is 10.6. The molecular formula is C19H31NO. The van der Waals surface area contributed by atoms with Crippen LogP contribution in [0.25, 0.3) is 0 Å². The lowest BCUT2D eigenvalue weighted by molar-refractivity contribution is -0.0751. The first-order valence-corrected chi connectivity index (χ1v) is 8.65. The van der Waals surface area contributed by atoms with E-state index in [0.29, 0.717) is 12.0 Å². The molecule has 0 aromatic heterocycles. The van der Waals surface area contributed by atoms with Crippen LogP contribution in [0.4, 0.5) is 0 Å². The minimum Gasteiger partial charge on any atom is -0.374 e. The fraction of sp³-hybridized carbons (Fsp3) is 0.684. The number of fused-ring (bicyclic) bond motifs is 1. The van der Waals surface area contributed by atoms with Gasteiger partial charge in [0.1, 0.15) is 0 Å². The zero-order valence-electron chi connectivity index (χ0n) is 14.1. The summed E-state index contributed by atoms with van der Waals surface area (Å²) in [5.74, 6) is 0.697. The molecule has 0 saturated carbocycles. The van der Waals surface area contributed by atoms with Gasteiger partial charge in [-0.3, -0.25) is 0 Å². The lowest BCUT2D eigenvalue weighted by Crippen LogP contribution is -2.53. The Kier molecular flexibility index (Phi) is 5.83. The molecule has 0 saturated heterocycles. The van der Waals surface area contributed by atoms with Gasteiger partial charge in [0.05, 0.1) is 5.60 Å². The van der Waals surface area contributed by atoms with Gasteiger partial charge >= 0.3 is 0 Å². The molecule has 2 rings (SSSR count). The zero-order valence-corrected chi connectivity index (χ0v) is 14.1. The first-order chi connectivity index (χ1) is 10.2. The van der Waals surface area contributed by atoms with E-state index in [1.165, 1.54) is 18.4 Å². The highest BCUT2D eigenvalue weighted by Crippen LogP contribution is 2.41. The fourth-order valence-electron chi connectivity index (χ4n) is 3.92. The molecule has 0 heterocycles. The van der Waals surface area contributed by atoms with Crippen LogP contribution in [0.5, 0.6) is 0 Å². The average molecular weight is 289 g/mol. The van der Waals surface area contributed by atoms with Crippen molar-refractivity contribution in [2.45, 2.75) is 70.9 Å². The van der Waals surface area contributed by atoms with Gasteiger partial charge in [0.25, 0.3) is 0 Å². The molecule has 1 aromatic carbocycles. The normalized spacial score (nSPS) is 19.0. The second kappa shape index (κ2) is 7.42. The summed E-state index contributed by atoms with van der Waals surface area (Å²) in [6, 6.07) is 9.33. The van der Waals surface area contributed by atoms with E-state index in [2.05, 4.69) is 57.3 Å². The second-order valence-electron chi connectivity index (χ2n) is 6.15. The highest BCUT2D eigenvalue weighted by Gasteiger charge is 2.39. The molecule has 0 spiro atoms. The van der Waals surface area contributed by atoms with Crippen molar-refractivity contribution in [2.24, 2.45) is 0 Å². The van der Waals surface area contributed by atoms with Gasteiger partial charge in [-0.25, -0.2) is 0 Å². The number of ether oxygens (including phenoxy) is 1. The lowest BCUT2D eigenvalue weighted by atomic mass is 9.71. The maximum atomic E-state index is 6.24. The first kappa shape index (κ1) is 16.5. The molecule has 2 unspecified atom stereocenters. The maximum Gasteiger partial charge on any atom is 0.0829 e. The second-order valence-corrected chi connectivity index (χ2v) is 6.15. The van der Waals surface area contributed by atoms with Crippen molar-refractivity contribution in [1.82, 2.24) is 5.32 Å². The van der Waals surface area contributed by atoms with Crippen molar-refractivity contribution >= 4 is 0 Å². The van der Waals surface area contributed by atoms with Gasteiger partial charge in [-0.15, -0.1) is 0 Å². The van der Waals surface area contributed by atoms with Crippen LogP contribution in [-0.4, -0.2) is 24.8 Å². The topological polar surface area (TPSA) is 21.3 Å². The fourth-order valence-corrected chi connectivity index (χ4v) is 3.92. The predicted octanol–water partition coefficient (Wildman–Crippen LogP) is 4.29. The Morgan fingerprint density at radius 1 is 1.19 bits per heavy atom. The van der Waals surface area contributed by atoms with Crippen molar-refractivity contribution in [3.8, 4) is 0 Å². The molecule has 118 valence electrons. The molecule has 0 aliphatic heterocycles. The minimum atomic E-state index is -0.0186. The van der Waals surface area contributed by atoms with Crippen molar-refractivity contribution in [3.63, 3.8) is 0 Å². The quantitative estimate of drug-likeness (QED) is 0.732. The maximum absolute atomic E-state index is 6.24. The summed E-state index contributed by atoms with van der Waals surface area (Å²) in [5, 5.41) is 3.72. The van der Waals surface area contributed by atoms with E-state index in [1.807, 2.05) is 0 Å². The highest BCUT2D eigenvalue weighted by molar-refractivity contribution is 5.40. The number of hydrogen-bond acceptors (Lipinski definition) is 2. The number of benzene rings is 1. The minimum absolute atomic E-state index is 0.0186. The molecule has 0 fully saturated rings. The van der Waals surface area contributed by atoms with E-state index in [4.69, 9.17) is 4.74 Å². The molecular weight excluding hydrogens is 258 g/mol. The Balaban J connectivity index is 2.12. The molecule has 1 aromatic rings. The zero-order chi connectivity index (χ0) is 15.3. The molecule has 1 aliphatic carbocycles. The Hall–Kier alpha value is -0.860. The van der Waals surface area contributed by atoms with Crippen molar-refractivity contribution in [1.29, 1.82) is 0 Å². The Morgan fingerprint density at radius 3 is 2.48 bits per heavy atom. The Morgan fingerprint density at radius 2 is 1.90 bits per heavy atom. The number of hydrogen-bond donors (Lipinski definition) is 1. The van der Waals surface area contributed by atoms with Crippen LogP contribution in [0, 0.1) is 0 Å². The predicted molar refractivity (Wildman–Crippen MR) is 89.9 cm³/mol. The van der Waals surface area contributed by atoms with Crippen LogP contribution in [0.2, 0.25) is 0 Å². The van der Waals surface area contributed by atoms with E-state index in [9.17, 15) is 0 Å². The van der Waals surface area contributed by atoms with E-state index < -0.39 is 0 Å². The third kappa shape index (κ3) is 3.32. The van der Waals surface area contributed by atoms with Gasteiger partial charge in [0.15, 0.2) is 0 Å². The monoisotopic (exact) mass is 289 g/mol. The summed E-state index contributed by atoms with van der Waals surface area (Å²) in [6.07, 6.45) is 4.56. The van der Waals surface area contributed by atoms with E-state index in [1.54, 1.807) is 5.56 Å². The van der Waals surface area contributed by atoms with Crippen LogP contribution in [-0.2, 0) is 11.2 Å². The Labute approximate surface area is 130 Å². The number of rotatable bonds is 9. The first-order valence-electron chi connectivity index (χ1n) is 8.65. The number of nitrogens with one attached hydrogen (secondary N) is 1. The third-order valence-corrected chi connectivity index (χ3v) is 5.20. The molecule has 2 heteroatoms. The number of likely N-dealkylation sites (N-methyl/N-ethyl adjacent to an activating group) is 1. The summed E-state index contributed by atoms with van der Waals surface area (Å²) in [7, 11) is 0. The third-order valence-electron chi connectivity index (χ3n) is 5.20. The lowest BCUT2D eigenvalue weighted by Gasteiger charge is -2.43. The van der Waals surface area contributed by atoms with Gasteiger partial charge < -0.3 is 10.1 Å². The summed E-state index contributed by atoms with van der Waals surface area (Å²) < 4.78 is 6.24. The van der Waals surface area contributed by atoms with Crippen molar-refractivity contribution in [2.75, 3.05) is 13.2 Å². The summed E-state index contributed by atoms with van der Waals surface area (Å²) in [4.78, 5) is 0. The van der Waals surface area contributed by atoms with Gasteiger partial charge in [0.2, 0.25) is 0 Å². The molecule has 21 heavy (non-hydrogen) atoms. The van der Waals surface area contributed by atoms with Gasteiger partial charge in [-0.05, 0) is 56.2 Å². The molecule has 0 amide bonds. The van der Waals surface area contributed by atoms with Crippen LogP contribution >= 0.6 is 0 Å². The van der Waals surface area contributed by atoms with Crippen LogP contribution in [0.3, 0.4) is 0 Å². The van der Waals surface area contributed by atoms with E-state index in [-0.39, 0.29) is 5.60 Å². The van der Waals surface area contributed by atoms with Gasteiger partial charge in [0, 0.05) is 12.6 Å². The van der Waals surface area contributed by atoms with Crippen molar-refractivity contribution in [3.05, 3.63) is 35.4 Å². The molecule has 0 radical (unpaired) electrons. The smallest absolute Gasteiger partial charge is 0.0829 e. The molecule has 0 bridgehead atoms. The highest BCUT2D eigenvalue weighted by atomic mass is 16.5. The summed E-state index contributed by atoms with van der Waals surface area (Å²) >= 11 is 0. The molecule has 1 N–H and O–H groups in total. The Bertz CT molecular complexity index is 439. The van der Waals surface area contributed by atoms with Crippen molar-refractivity contribution < 1.29 is 4.74 Å². The van der Waals surface area contributed by atoms with Crippen LogP contribution in [0.15, 0.2) is 24.3 Å². The van der Waals surface area contributed by atoms with Gasteiger partial charge in [-0.1, -0.05) is 45.0 Å². The van der Waals surface area contributed by atoms with E-state index >= 15 is 0 Å². The molecule has 2 nitrogen and oxygen atoms in total. The largest absolute Gasteiger partial charge is 0.374 e. The molecule has 2 atom stereocenters. The average Bonchev–Trinajstić information content (AvgIpc) is 2.49. The van der Waals surface area contributed by atoms with Crippen LogP contribution < -0.4 is 5.32 Å². The summed E-state index contributed by atoms with van der Waals surface area (Å²) in [5.41, 5.74) is 3.07. The molecule has 1 aliphatic rings. The SMILES string of the molecule is CCNC(CC1Cc2ccccc21)C(CC)(CC)OCC. The van der Waals surface area contributed by atoms with Crippen LogP contribution in [0.1, 0.15) is 64.0 Å². The van der Waals surface area contributed by atoms with Gasteiger partial charge in [-0.2, -0.15) is 0 Å². The van der Waals surface area contributed by atoms with E-state index in [0.717, 1.165) is 26.0 Å². The standard InChI is InChI=1S/C19H31NO/c1-5-19(6-2,21-8-4)18(20-7-3)14-16-13-15-11-9-10-12-17(15)16/h9-12,16,18,20H,5-8,13-14H2,1-4H3.